The largest absolute Gasteiger partial charge is 0.593 e. The van der Waals surface area contributed by atoms with Crippen molar-refractivity contribution in [2.24, 2.45) is 0 Å². The predicted molar refractivity (Wildman–Crippen MR) is 112 cm³/mol. The zero-order valence-corrected chi connectivity index (χ0v) is 26.4. The fraction of sp³-hybridized carbons (Fsp3) is 0.591. The van der Waals surface area contributed by atoms with Crippen molar-refractivity contribution in [3.8, 4) is 0 Å². The van der Waals surface area contributed by atoms with Gasteiger partial charge in [0.25, 0.3) is 5.91 Å². The number of benzene rings is 1. The van der Waals surface area contributed by atoms with E-state index in [1.807, 2.05) is 0 Å². The van der Waals surface area contributed by atoms with Crippen molar-refractivity contribution in [2.75, 3.05) is 0 Å². The van der Waals surface area contributed by atoms with E-state index in [1.54, 1.807) is 0 Å². The smallest absolute Gasteiger partial charge is 0.355 e. The molecule has 4 nitrogen and oxygen atoms in total. The van der Waals surface area contributed by atoms with Crippen LogP contribution in [0.1, 0.15) is 10.4 Å². The van der Waals surface area contributed by atoms with Crippen LogP contribution in [0.3, 0.4) is 0 Å². The third-order valence-electron chi connectivity index (χ3n) is 7.04. The fourth-order valence-electron chi connectivity index (χ4n) is 3.86. The Morgan fingerprint density at radius 1 is 0.435 bits per heavy atom. The van der Waals surface area contributed by atoms with Gasteiger partial charge in [0.15, 0.2) is 23.3 Å². The van der Waals surface area contributed by atoms with Gasteiger partial charge in [-0.2, -0.15) is 92.2 Å². The molecule has 0 unspecified atom stereocenters. The topological polar surface area (TPSA) is 38.3 Å². The standard InChI is InChI=1S/C22F36N2O2/c23-2-1(3(24)5(26)6(27)4(2)25)9(61)59-18(47,48)16(42,43)19(49,50)60(20(51,52)53,21(54,55)56)22(57,58)62-8(29)7(28)10(30,31)11(32,33)12(34,35)13(36,37)14(38,39)15(40,41)17(44,45)46/p+1. The van der Waals surface area contributed by atoms with Gasteiger partial charge in [-0.15, -0.1) is 43.9 Å². The number of hydrogen-bond donors (Lipinski definition) is 1. The lowest BCUT2D eigenvalue weighted by Crippen LogP contribution is -2.86. The summed E-state index contributed by atoms with van der Waals surface area (Å²) in [6, 6.07) is -24.7. The number of quaternary nitrogens is 1. The molecule has 1 amide bonds. The molecule has 0 aliphatic rings. The number of ether oxygens (including phenoxy) is 1. The molecule has 1 rings (SSSR count). The molecule has 0 aromatic heterocycles. The summed E-state index contributed by atoms with van der Waals surface area (Å²) < 4.78 is 483. The van der Waals surface area contributed by atoms with E-state index in [-0.39, 0.29) is 0 Å². The second-order valence-electron chi connectivity index (χ2n) is 10.8. The van der Waals surface area contributed by atoms with Crippen molar-refractivity contribution in [1.82, 2.24) is 5.32 Å². The lowest BCUT2D eigenvalue weighted by atomic mass is 9.91. The first-order valence-corrected chi connectivity index (χ1v) is 13.1. The van der Waals surface area contributed by atoms with E-state index < -0.39 is 141 Å². The Balaban J connectivity index is 4.23. The van der Waals surface area contributed by atoms with Crippen molar-refractivity contribution >= 4 is 5.91 Å². The summed E-state index contributed by atoms with van der Waals surface area (Å²) in [6.07, 6.45) is -37.2. The summed E-state index contributed by atoms with van der Waals surface area (Å²) in [6.45, 7) is 0. The number of hydrogen-bond acceptors (Lipinski definition) is 2. The molecule has 0 saturated carbocycles. The van der Waals surface area contributed by atoms with Crippen LogP contribution in [0.25, 0.3) is 0 Å². The Morgan fingerprint density at radius 2 is 0.742 bits per heavy atom. The number of nitrogens with one attached hydrogen (secondary N) is 1. The van der Waals surface area contributed by atoms with Gasteiger partial charge in [0.2, 0.25) is 11.6 Å². The normalized spacial score (nSPS) is 16.1. The van der Waals surface area contributed by atoms with Gasteiger partial charge in [-0.3, -0.25) is 10.1 Å². The predicted octanol–water partition coefficient (Wildman–Crippen LogP) is 11.8. The minimum Gasteiger partial charge on any atom is -0.355 e. The zero-order valence-electron chi connectivity index (χ0n) is 26.4. The van der Waals surface area contributed by atoms with E-state index in [1.165, 1.54) is 0 Å². The average molecular weight is 1010 g/mol. The molecule has 0 bridgehead atoms. The van der Waals surface area contributed by atoms with Crippen LogP contribution >= 0.6 is 0 Å². The second kappa shape index (κ2) is 14.9. The number of carbonyl (C=O) groups excluding carboxylic acids is 1. The van der Waals surface area contributed by atoms with Crippen LogP contribution in [0.15, 0.2) is 11.8 Å². The van der Waals surface area contributed by atoms with Crippen LogP contribution in [0.5, 0.6) is 0 Å². The van der Waals surface area contributed by atoms with Gasteiger partial charge < -0.3 is 4.74 Å². The molecule has 0 heterocycles. The van der Waals surface area contributed by atoms with Gasteiger partial charge in [-0.1, -0.05) is 0 Å². The maximum absolute atomic E-state index is 14.7. The number of halogens is 36. The molecule has 0 aliphatic carbocycles. The third-order valence-corrected chi connectivity index (χ3v) is 7.04. The molecule has 0 aliphatic heterocycles. The first kappa shape index (κ1) is 55.7. The summed E-state index contributed by atoms with van der Waals surface area (Å²) in [5, 5.41) is -1.44. The fourth-order valence-corrected chi connectivity index (χ4v) is 3.86. The van der Waals surface area contributed by atoms with E-state index in [2.05, 4.69) is 0 Å². The number of allylic oxidation sites excluding steroid dienone is 1. The molecular formula is C22HF36N2O2+. The van der Waals surface area contributed by atoms with Gasteiger partial charge in [0, 0.05) is 4.48 Å². The third kappa shape index (κ3) is 7.23. The van der Waals surface area contributed by atoms with E-state index in [0.717, 1.165) is 4.74 Å². The maximum atomic E-state index is 14.7. The molecule has 1 N–H and O–H groups in total. The SMILES string of the molecule is O=C(NC(F)(F)C(F)(F)C(F)(F)[N+](C(F)(F)F)(C(F)(F)F)C(F)(F)OC(F)=C(F)C(F)(F)C(F)(F)C(F)(F)C(F)(F)C(F)(F)C(F)(F)C(F)(F)F)c1c(F)c(F)c(F)c(F)c1F. The summed E-state index contributed by atoms with van der Waals surface area (Å²) in [5.74, 6) is -94.0. The lowest BCUT2D eigenvalue weighted by Gasteiger charge is -2.47. The Morgan fingerprint density at radius 3 is 1.06 bits per heavy atom. The minimum absolute atomic E-state index is 0.988. The number of amides is 1. The van der Waals surface area contributed by atoms with Crippen LogP contribution in [0, 0.1) is 29.1 Å². The highest BCUT2D eigenvalue weighted by molar-refractivity contribution is 5.95. The maximum Gasteiger partial charge on any atom is 0.593 e. The van der Waals surface area contributed by atoms with Gasteiger partial charge in [-0.05, 0) is 0 Å². The van der Waals surface area contributed by atoms with Gasteiger partial charge in [0.1, 0.15) is 5.56 Å². The Kier molecular flexibility index (Phi) is 13.4. The quantitative estimate of drug-likeness (QED) is 0.0384. The lowest BCUT2D eigenvalue weighted by molar-refractivity contribution is -1.23. The molecule has 0 atom stereocenters. The monoisotopic (exact) mass is 1010 g/mol. The highest BCUT2D eigenvalue weighted by Crippen LogP contribution is 2.66. The summed E-state index contributed by atoms with van der Waals surface area (Å²) in [4.78, 5) is 11.6. The summed E-state index contributed by atoms with van der Waals surface area (Å²) in [5.41, 5.74) is -3.62. The number of rotatable bonds is 14. The Hall–Kier alpha value is -4.33. The highest BCUT2D eigenvalue weighted by atomic mass is 19.4. The average Bonchev–Trinajstić information content (AvgIpc) is 3.02. The van der Waals surface area contributed by atoms with Crippen molar-refractivity contribution in [3.63, 3.8) is 0 Å². The molecular weight excluding hydrogens is 1010 g/mol. The molecule has 0 radical (unpaired) electrons. The summed E-state index contributed by atoms with van der Waals surface area (Å²) >= 11 is 0. The first-order valence-electron chi connectivity index (χ1n) is 13.1. The number of carbonyl (C=O) groups is 1. The number of nitrogens with zero attached hydrogens (tertiary/aromatic N) is 1. The molecule has 362 valence electrons. The van der Waals surface area contributed by atoms with Crippen LogP contribution in [0.4, 0.5) is 158 Å². The van der Waals surface area contributed by atoms with E-state index in [4.69, 9.17) is 0 Å². The molecule has 1 aromatic rings. The zero-order chi connectivity index (χ0) is 50.6. The van der Waals surface area contributed by atoms with Gasteiger partial charge >= 0.3 is 84.6 Å². The van der Waals surface area contributed by atoms with Crippen LogP contribution in [-0.2, 0) is 4.74 Å². The van der Waals surface area contributed by atoms with Crippen molar-refractivity contribution in [2.45, 2.75) is 78.6 Å². The van der Waals surface area contributed by atoms with Crippen LogP contribution < -0.4 is 5.32 Å². The van der Waals surface area contributed by atoms with Crippen LogP contribution in [0.2, 0.25) is 0 Å². The molecule has 0 fully saturated rings. The van der Waals surface area contributed by atoms with E-state index in [0.29, 0.717) is 0 Å². The van der Waals surface area contributed by atoms with E-state index >= 15 is 0 Å². The number of alkyl halides is 29. The van der Waals surface area contributed by atoms with Crippen molar-refractivity contribution in [3.05, 3.63) is 46.5 Å². The Labute approximate surface area is 309 Å². The molecule has 0 spiro atoms. The van der Waals surface area contributed by atoms with E-state index in [9.17, 15) is 163 Å². The first-order chi connectivity index (χ1) is 26.6. The molecule has 40 heteroatoms. The van der Waals surface area contributed by atoms with Crippen molar-refractivity contribution < 1.29 is 172 Å². The second-order valence-corrected chi connectivity index (χ2v) is 10.8. The molecule has 62 heavy (non-hydrogen) atoms. The molecule has 0 saturated heterocycles. The minimum atomic E-state index is -10.0. The van der Waals surface area contributed by atoms with Crippen LogP contribution in [-0.4, -0.2) is 89.0 Å². The summed E-state index contributed by atoms with van der Waals surface area (Å²) in [7, 11) is 0. The molecule has 1 aromatic carbocycles. The Bertz CT molecular complexity index is 1870. The highest BCUT2D eigenvalue weighted by Gasteiger charge is 3.02. The van der Waals surface area contributed by atoms with Gasteiger partial charge in [-0.25, -0.2) is 22.0 Å². The van der Waals surface area contributed by atoms with Crippen molar-refractivity contribution in [1.29, 1.82) is 0 Å². The van der Waals surface area contributed by atoms with Gasteiger partial charge in [0.05, 0.1) is 0 Å².